The van der Waals surface area contributed by atoms with E-state index in [0.717, 1.165) is 6.07 Å². The summed E-state index contributed by atoms with van der Waals surface area (Å²) in [6.45, 7) is 2.65. The maximum Gasteiger partial charge on any atom is 0.417 e. The van der Waals surface area contributed by atoms with Crippen molar-refractivity contribution in [1.82, 2.24) is 0 Å². The van der Waals surface area contributed by atoms with Crippen molar-refractivity contribution in [3.8, 4) is 0 Å². The van der Waals surface area contributed by atoms with Crippen LogP contribution in [0.5, 0.6) is 0 Å². The van der Waals surface area contributed by atoms with Gasteiger partial charge in [0.15, 0.2) is 5.78 Å². The summed E-state index contributed by atoms with van der Waals surface area (Å²) in [5.41, 5.74) is -0.699. The van der Waals surface area contributed by atoms with Crippen LogP contribution in [0, 0.1) is 6.92 Å². The van der Waals surface area contributed by atoms with Gasteiger partial charge in [0.05, 0.1) is 10.6 Å². The lowest BCUT2D eigenvalue weighted by atomic mass is 10.0. The van der Waals surface area contributed by atoms with Crippen LogP contribution in [0.25, 0.3) is 0 Å². The highest BCUT2D eigenvalue weighted by Gasteiger charge is 2.34. The third kappa shape index (κ3) is 2.50. The fourth-order valence-corrected chi connectivity index (χ4v) is 1.40. The average Bonchev–Trinajstić information content (AvgIpc) is 2.06. The number of rotatable bonds is 1. The van der Waals surface area contributed by atoms with Gasteiger partial charge < -0.3 is 0 Å². The summed E-state index contributed by atoms with van der Waals surface area (Å²) in [5.74, 6) is -0.416. The van der Waals surface area contributed by atoms with E-state index < -0.39 is 17.5 Å². The van der Waals surface area contributed by atoms with Gasteiger partial charge in [0, 0.05) is 5.56 Å². The smallest absolute Gasteiger partial charge is 0.295 e. The molecule has 0 unspecified atom stereocenters. The molecule has 15 heavy (non-hydrogen) atoms. The quantitative estimate of drug-likeness (QED) is 0.677. The molecule has 1 nitrogen and oxygen atoms in total. The van der Waals surface area contributed by atoms with E-state index in [1.807, 2.05) is 0 Å². The number of hydrogen-bond donors (Lipinski definition) is 0. The number of halogens is 4. The first-order valence-corrected chi connectivity index (χ1v) is 4.49. The topological polar surface area (TPSA) is 17.1 Å². The van der Waals surface area contributed by atoms with Gasteiger partial charge in [-0.25, -0.2) is 0 Å². The van der Waals surface area contributed by atoms with Crippen molar-refractivity contribution in [1.29, 1.82) is 0 Å². The Morgan fingerprint density at radius 1 is 1.33 bits per heavy atom. The molecule has 1 aromatic rings. The number of benzene rings is 1. The second-order valence-corrected chi connectivity index (χ2v) is 3.59. The first-order chi connectivity index (χ1) is 6.73. The lowest BCUT2D eigenvalue weighted by molar-refractivity contribution is -0.137. The van der Waals surface area contributed by atoms with Crippen molar-refractivity contribution < 1.29 is 18.0 Å². The molecule has 0 amide bonds. The molecule has 0 fully saturated rings. The van der Waals surface area contributed by atoms with Crippen LogP contribution in [0.15, 0.2) is 12.1 Å². The Hall–Kier alpha value is -1.03. The Morgan fingerprint density at radius 3 is 2.27 bits per heavy atom. The summed E-state index contributed by atoms with van der Waals surface area (Å²) in [5, 5.41) is -0.354. The first-order valence-electron chi connectivity index (χ1n) is 4.11. The molecule has 0 spiro atoms. The normalized spacial score (nSPS) is 11.6. The predicted molar refractivity (Wildman–Crippen MR) is 51.2 cm³/mol. The summed E-state index contributed by atoms with van der Waals surface area (Å²) in [7, 11) is 0. The molecule has 0 heterocycles. The van der Waals surface area contributed by atoms with E-state index in [4.69, 9.17) is 11.6 Å². The van der Waals surface area contributed by atoms with E-state index in [9.17, 15) is 18.0 Å². The molecule has 5 heteroatoms. The fraction of sp³-hybridized carbons (Fsp3) is 0.300. The number of aryl methyl sites for hydroxylation is 1. The van der Waals surface area contributed by atoms with E-state index >= 15 is 0 Å². The third-order valence-corrected chi connectivity index (χ3v) is 2.47. The first kappa shape index (κ1) is 12.0. The molecule has 82 valence electrons. The van der Waals surface area contributed by atoms with Crippen LogP contribution < -0.4 is 0 Å². The van der Waals surface area contributed by atoms with Gasteiger partial charge in [-0.05, 0) is 31.5 Å². The van der Waals surface area contributed by atoms with E-state index in [2.05, 4.69) is 0 Å². The van der Waals surface area contributed by atoms with Crippen molar-refractivity contribution in [2.24, 2.45) is 0 Å². The van der Waals surface area contributed by atoms with Crippen LogP contribution in [0.1, 0.15) is 28.4 Å². The Labute approximate surface area is 89.9 Å². The van der Waals surface area contributed by atoms with Crippen LogP contribution in [-0.4, -0.2) is 5.78 Å². The average molecular weight is 237 g/mol. The molecule has 1 aromatic carbocycles. The van der Waals surface area contributed by atoms with Crippen LogP contribution in [0.2, 0.25) is 5.02 Å². The minimum atomic E-state index is -4.53. The molecule has 0 aliphatic rings. The van der Waals surface area contributed by atoms with Crippen molar-refractivity contribution in [2.75, 3.05) is 0 Å². The molecule has 0 bridgehead atoms. The number of ketones is 1. The standard InChI is InChI=1S/C10H8ClF3O/c1-5-3-7(6(2)15)4-8(9(5)11)10(12,13)14/h3-4H,1-2H3. The minimum absolute atomic E-state index is 0.0178. The zero-order chi connectivity index (χ0) is 11.8. The SMILES string of the molecule is CC(=O)c1cc(C)c(Cl)c(C(F)(F)F)c1. The number of alkyl halides is 3. The van der Waals surface area contributed by atoms with E-state index in [-0.39, 0.29) is 16.1 Å². The molecular formula is C10H8ClF3O. The van der Waals surface area contributed by atoms with Crippen LogP contribution in [-0.2, 0) is 6.18 Å². The summed E-state index contributed by atoms with van der Waals surface area (Å²) in [6.07, 6.45) is -4.53. The number of carbonyl (C=O) groups is 1. The predicted octanol–water partition coefficient (Wildman–Crippen LogP) is 3.87. The molecule has 0 aliphatic heterocycles. The minimum Gasteiger partial charge on any atom is -0.295 e. The van der Waals surface area contributed by atoms with Gasteiger partial charge in [-0.15, -0.1) is 0 Å². The zero-order valence-electron chi connectivity index (χ0n) is 8.07. The lowest BCUT2D eigenvalue weighted by Gasteiger charge is -2.12. The van der Waals surface area contributed by atoms with Gasteiger partial charge in [-0.1, -0.05) is 11.6 Å². The van der Waals surface area contributed by atoms with Crippen molar-refractivity contribution >= 4 is 17.4 Å². The highest BCUT2D eigenvalue weighted by atomic mass is 35.5. The van der Waals surface area contributed by atoms with Gasteiger partial charge in [0.1, 0.15) is 0 Å². The Morgan fingerprint density at radius 2 is 1.87 bits per heavy atom. The monoisotopic (exact) mass is 236 g/mol. The molecule has 0 aliphatic carbocycles. The Kier molecular flexibility index (Phi) is 3.09. The highest BCUT2D eigenvalue weighted by Crippen LogP contribution is 2.36. The van der Waals surface area contributed by atoms with Crippen LogP contribution in [0.4, 0.5) is 13.2 Å². The maximum atomic E-state index is 12.5. The largest absolute Gasteiger partial charge is 0.417 e. The molecule has 0 N–H and O–H groups in total. The molecule has 0 aromatic heterocycles. The van der Waals surface area contributed by atoms with Gasteiger partial charge in [-0.2, -0.15) is 13.2 Å². The number of Topliss-reactive ketones (excluding diaryl/α,β-unsaturated/α-hetero) is 1. The lowest BCUT2D eigenvalue weighted by Crippen LogP contribution is -2.08. The molecule has 0 atom stereocenters. The van der Waals surface area contributed by atoms with Gasteiger partial charge in [0.2, 0.25) is 0 Å². The van der Waals surface area contributed by atoms with E-state index in [1.54, 1.807) is 0 Å². The molecule has 0 saturated carbocycles. The molecule has 0 radical (unpaired) electrons. The summed E-state index contributed by atoms with van der Waals surface area (Å²) in [6, 6.07) is 2.12. The van der Waals surface area contributed by atoms with Crippen molar-refractivity contribution in [2.45, 2.75) is 20.0 Å². The van der Waals surface area contributed by atoms with Crippen molar-refractivity contribution in [3.05, 3.63) is 33.8 Å². The van der Waals surface area contributed by atoms with E-state index in [0.29, 0.717) is 0 Å². The highest BCUT2D eigenvalue weighted by molar-refractivity contribution is 6.32. The number of carbonyl (C=O) groups excluding carboxylic acids is 1. The van der Waals surface area contributed by atoms with E-state index in [1.165, 1.54) is 19.9 Å². The zero-order valence-corrected chi connectivity index (χ0v) is 8.83. The molecule has 1 rings (SSSR count). The molecular weight excluding hydrogens is 229 g/mol. The fourth-order valence-electron chi connectivity index (χ4n) is 1.18. The number of hydrogen-bond acceptors (Lipinski definition) is 1. The second-order valence-electron chi connectivity index (χ2n) is 3.21. The van der Waals surface area contributed by atoms with Gasteiger partial charge in [-0.3, -0.25) is 4.79 Å². The van der Waals surface area contributed by atoms with Gasteiger partial charge in [0.25, 0.3) is 0 Å². The van der Waals surface area contributed by atoms with Crippen LogP contribution >= 0.6 is 11.6 Å². The maximum absolute atomic E-state index is 12.5. The summed E-state index contributed by atoms with van der Waals surface area (Å²) in [4.78, 5) is 11.0. The van der Waals surface area contributed by atoms with Crippen molar-refractivity contribution in [3.63, 3.8) is 0 Å². The van der Waals surface area contributed by atoms with Crippen LogP contribution in [0.3, 0.4) is 0 Å². The summed E-state index contributed by atoms with van der Waals surface area (Å²) < 4.78 is 37.4. The Bertz CT molecular complexity index is 410. The van der Waals surface area contributed by atoms with Gasteiger partial charge >= 0.3 is 6.18 Å². The Balaban J connectivity index is 3.45. The second kappa shape index (κ2) is 3.85. The summed E-state index contributed by atoms with van der Waals surface area (Å²) >= 11 is 5.52. The third-order valence-electron chi connectivity index (χ3n) is 1.97. The molecule has 0 saturated heterocycles.